The van der Waals surface area contributed by atoms with Gasteiger partial charge in [0.1, 0.15) is 0 Å². The van der Waals surface area contributed by atoms with Crippen LogP contribution in [0, 0.1) is 0 Å². The molecule has 0 fully saturated rings. The minimum Gasteiger partial charge on any atom is -0.493 e. The molecule has 0 aliphatic carbocycles. The van der Waals surface area contributed by atoms with Gasteiger partial charge in [0.25, 0.3) is 5.91 Å². The van der Waals surface area contributed by atoms with Gasteiger partial charge in [0.15, 0.2) is 11.5 Å². The van der Waals surface area contributed by atoms with Crippen LogP contribution in [0.3, 0.4) is 0 Å². The Morgan fingerprint density at radius 3 is 2.54 bits per heavy atom. The molecule has 0 spiro atoms. The highest BCUT2D eigenvalue weighted by atomic mass is 16.5. The Morgan fingerprint density at radius 1 is 0.943 bits per heavy atom. The molecule has 0 aliphatic rings. The predicted octanol–water partition coefficient (Wildman–Crippen LogP) is 5.14. The van der Waals surface area contributed by atoms with Crippen molar-refractivity contribution in [3.63, 3.8) is 0 Å². The highest BCUT2D eigenvalue weighted by Gasteiger charge is 2.25. The van der Waals surface area contributed by atoms with Gasteiger partial charge in [-0.1, -0.05) is 60.7 Å². The van der Waals surface area contributed by atoms with Crippen LogP contribution in [-0.2, 0) is 0 Å². The molecule has 176 valence electrons. The number of methoxy groups -OCH3 is 2. The van der Waals surface area contributed by atoms with Crippen LogP contribution in [0.2, 0.25) is 0 Å². The van der Waals surface area contributed by atoms with E-state index < -0.39 is 0 Å². The lowest BCUT2D eigenvalue weighted by atomic mass is 9.89. The number of aromatic amines is 2. The number of rotatable bonds is 8. The van der Waals surface area contributed by atoms with Gasteiger partial charge >= 0.3 is 0 Å². The van der Waals surface area contributed by atoms with Gasteiger partial charge in [-0.3, -0.25) is 9.89 Å². The summed E-state index contributed by atoms with van der Waals surface area (Å²) in [6.45, 7) is 0.351. The van der Waals surface area contributed by atoms with E-state index in [0.29, 0.717) is 29.3 Å². The van der Waals surface area contributed by atoms with Crippen molar-refractivity contribution in [2.24, 2.45) is 0 Å². The summed E-state index contributed by atoms with van der Waals surface area (Å²) in [5, 5.41) is 11.3. The van der Waals surface area contributed by atoms with Crippen molar-refractivity contribution in [1.82, 2.24) is 20.5 Å². The second kappa shape index (κ2) is 9.77. The maximum absolute atomic E-state index is 13.3. The number of hydrogen-bond acceptors (Lipinski definition) is 4. The quantitative estimate of drug-likeness (QED) is 0.295. The second-order valence-electron chi connectivity index (χ2n) is 8.16. The number of ether oxygens (including phenoxy) is 2. The molecule has 0 bridgehead atoms. The van der Waals surface area contributed by atoms with Gasteiger partial charge in [-0.15, -0.1) is 0 Å². The Morgan fingerprint density at radius 2 is 1.74 bits per heavy atom. The van der Waals surface area contributed by atoms with Crippen LogP contribution >= 0.6 is 0 Å². The lowest BCUT2D eigenvalue weighted by molar-refractivity contribution is 0.0953. The predicted molar refractivity (Wildman–Crippen MR) is 136 cm³/mol. The van der Waals surface area contributed by atoms with E-state index in [2.05, 4.69) is 26.6 Å². The molecule has 5 rings (SSSR count). The van der Waals surface area contributed by atoms with Gasteiger partial charge in [0.2, 0.25) is 0 Å². The molecule has 1 amide bonds. The molecule has 2 heterocycles. The van der Waals surface area contributed by atoms with E-state index in [-0.39, 0.29) is 11.8 Å². The first-order chi connectivity index (χ1) is 17.2. The Labute approximate surface area is 203 Å². The first-order valence-corrected chi connectivity index (χ1v) is 11.3. The Kier molecular flexibility index (Phi) is 6.22. The van der Waals surface area contributed by atoms with Gasteiger partial charge < -0.3 is 19.8 Å². The number of carbonyl (C=O) groups is 1. The highest BCUT2D eigenvalue weighted by Crippen LogP contribution is 2.40. The molecular weight excluding hydrogens is 440 g/mol. The molecule has 7 nitrogen and oxygen atoms in total. The summed E-state index contributed by atoms with van der Waals surface area (Å²) < 4.78 is 11.3. The summed E-state index contributed by atoms with van der Waals surface area (Å²) in [5.74, 6) is 0.895. The number of H-pyrrole nitrogens is 2. The van der Waals surface area contributed by atoms with E-state index >= 15 is 0 Å². The number of nitrogens with one attached hydrogen (secondary N) is 3. The molecule has 2 aromatic heterocycles. The number of amides is 1. The molecule has 0 saturated heterocycles. The zero-order valence-electron chi connectivity index (χ0n) is 19.5. The number of nitrogens with zero attached hydrogens (tertiary/aromatic N) is 1. The molecule has 3 aromatic carbocycles. The number of carbonyl (C=O) groups excluding carboxylic acids is 1. The summed E-state index contributed by atoms with van der Waals surface area (Å²) in [6, 6.07) is 23.6. The summed E-state index contributed by atoms with van der Waals surface area (Å²) in [6.07, 6.45) is 3.55. The fourth-order valence-corrected chi connectivity index (χ4v) is 4.53. The van der Waals surface area contributed by atoms with Gasteiger partial charge in [-0.25, -0.2) is 0 Å². The molecule has 1 atom stereocenters. The van der Waals surface area contributed by atoms with E-state index in [1.807, 2.05) is 72.9 Å². The van der Waals surface area contributed by atoms with Gasteiger partial charge in [0, 0.05) is 40.7 Å². The number of aromatic nitrogens is 3. The average molecular weight is 467 g/mol. The molecule has 0 aliphatic heterocycles. The molecule has 0 radical (unpaired) electrons. The molecular formula is C28H26N4O3. The largest absolute Gasteiger partial charge is 0.493 e. The monoisotopic (exact) mass is 466 g/mol. The zero-order chi connectivity index (χ0) is 24.2. The van der Waals surface area contributed by atoms with E-state index in [9.17, 15) is 4.79 Å². The Hall–Kier alpha value is -4.52. The standard InChI is InChI=1S/C28H26N4O3/c1-34-25-14-8-12-20(27(25)35-2)22(21-15-29-24-13-7-6-11-19(21)24)16-30-28(33)23-17-31-32-26(23)18-9-4-3-5-10-18/h3-15,17,22,29H,16H2,1-2H3,(H,30,33)(H,31,32). The lowest BCUT2D eigenvalue weighted by Gasteiger charge is -2.22. The first-order valence-electron chi connectivity index (χ1n) is 11.3. The van der Waals surface area contributed by atoms with Crippen molar-refractivity contribution < 1.29 is 14.3 Å². The third kappa shape index (κ3) is 4.24. The van der Waals surface area contributed by atoms with Crippen molar-refractivity contribution in [1.29, 1.82) is 0 Å². The van der Waals surface area contributed by atoms with Crippen LogP contribution in [0.1, 0.15) is 27.4 Å². The Balaban J connectivity index is 1.51. The van der Waals surface area contributed by atoms with Crippen molar-refractivity contribution in [2.75, 3.05) is 20.8 Å². The maximum atomic E-state index is 13.3. The zero-order valence-corrected chi connectivity index (χ0v) is 19.5. The van der Waals surface area contributed by atoms with Crippen molar-refractivity contribution in [3.05, 3.63) is 102 Å². The van der Waals surface area contributed by atoms with E-state index in [0.717, 1.165) is 27.6 Å². The Bertz CT molecular complexity index is 1460. The highest BCUT2D eigenvalue weighted by molar-refractivity contribution is 5.99. The number of benzene rings is 3. The average Bonchev–Trinajstić information content (AvgIpc) is 3.57. The number of hydrogen-bond donors (Lipinski definition) is 3. The molecule has 1 unspecified atom stereocenters. The minimum atomic E-state index is -0.204. The van der Waals surface area contributed by atoms with Crippen molar-refractivity contribution in [2.45, 2.75) is 5.92 Å². The van der Waals surface area contributed by atoms with Crippen LogP contribution in [0.15, 0.2) is 85.2 Å². The van der Waals surface area contributed by atoms with Gasteiger partial charge in [-0.2, -0.15) is 5.10 Å². The second-order valence-corrected chi connectivity index (χ2v) is 8.16. The summed E-state index contributed by atoms with van der Waals surface area (Å²) in [4.78, 5) is 16.7. The SMILES string of the molecule is COc1cccc(C(CNC(=O)c2cn[nH]c2-c2ccccc2)c2c[nH]c3ccccc23)c1OC. The molecule has 5 aromatic rings. The van der Waals surface area contributed by atoms with E-state index in [1.165, 1.54) is 0 Å². The maximum Gasteiger partial charge on any atom is 0.255 e. The van der Waals surface area contributed by atoms with Crippen LogP contribution in [0.4, 0.5) is 0 Å². The van der Waals surface area contributed by atoms with Crippen molar-refractivity contribution in [3.8, 4) is 22.8 Å². The number of fused-ring (bicyclic) bond motifs is 1. The van der Waals surface area contributed by atoms with Gasteiger partial charge in [-0.05, 0) is 17.7 Å². The fourth-order valence-electron chi connectivity index (χ4n) is 4.53. The minimum absolute atomic E-state index is 0.188. The number of para-hydroxylation sites is 2. The summed E-state index contributed by atoms with van der Waals surface area (Å²) in [5.41, 5.74) is 5.09. The lowest BCUT2D eigenvalue weighted by Crippen LogP contribution is -2.29. The first kappa shape index (κ1) is 22.3. The van der Waals surface area contributed by atoms with Crippen LogP contribution < -0.4 is 14.8 Å². The fraction of sp³-hybridized carbons (Fsp3) is 0.143. The topological polar surface area (TPSA) is 92.0 Å². The van der Waals surface area contributed by atoms with Crippen LogP contribution in [0.25, 0.3) is 22.2 Å². The van der Waals surface area contributed by atoms with E-state index in [4.69, 9.17) is 9.47 Å². The molecule has 7 heteroatoms. The van der Waals surface area contributed by atoms with Crippen LogP contribution in [-0.4, -0.2) is 41.9 Å². The van der Waals surface area contributed by atoms with E-state index in [1.54, 1.807) is 20.4 Å². The van der Waals surface area contributed by atoms with Gasteiger partial charge in [0.05, 0.1) is 31.7 Å². The van der Waals surface area contributed by atoms with Crippen LogP contribution in [0.5, 0.6) is 11.5 Å². The third-order valence-electron chi connectivity index (χ3n) is 6.22. The molecule has 0 saturated carbocycles. The molecule has 35 heavy (non-hydrogen) atoms. The summed E-state index contributed by atoms with van der Waals surface area (Å²) >= 11 is 0. The summed E-state index contributed by atoms with van der Waals surface area (Å²) in [7, 11) is 3.25. The normalized spacial score (nSPS) is 11.8. The smallest absolute Gasteiger partial charge is 0.255 e. The van der Waals surface area contributed by atoms with Crippen molar-refractivity contribution >= 4 is 16.8 Å². The third-order valence-corrected chi connectivity index (χ3v) is 6.22. The molecule has 3 N–H and O–H groups in total.